The van der Waals surface area contributed by atoms with Gasteiger partial charge < -0.3 is 19.5 Å². The summed E-state index contributed by atoms with van der Waals surface area (Å²) in [4.78, 5) is 40.8. The van der Waals surface area contributed by atoms with Gasteiger partial charge in [-0.25, -0.2) is 4.79 Å². The smallest absolute Gasteiger partial charge is 0.408 e. The number of aryl methyl sites for hydroxylation is 2. The summed E-state index contributed by atoms with van der Waals surface area (Å²) in [6.07, 6.45) is 1.33. The normalized spacial score (nSPS) is 20.2. The van der Waals surface area contributed by atoms with E-state index in [0.717, 1.165) is 25.1 Å². The number of carbonyl (C=O) groups is 2. The highest BCUT2D eigenvalue weighted by molar-refractivity contribution is 5.84. The third-order valence-corrected chi connectivity index (χ3v) is 6.03. The Morgan fingerprint density at radius 3 is 2.76 bits per heavy atom. The van der Waals surface area contributed by atoms with Gasteiger partial charge in [-0.3, -0.25) is 14.2 Å². The molecule has 2 saturated heterocycles. The van der Waals surface area contributed by atoms with E-state index in [2.05, 4.69) is 17.3 Å². The molecule has 156 valence electrons. The number of hydrogen-bond donors (Lipinski definition) is 1. The van der Waals surface area contributed by atoms with Crippen LogP contribution >= 0.6 is 0 Å². The largest absolute Gasteiger partial charge is 0.419 e. The van der Waals surface area contributed by atoms with E-state index in [9.17, 15) is 14.4 Å². The Bertz CT molecular complexity index is 973. The molecule has 1 atom stereocenters. The van der Waals surface area contributed by atoms with Gasteiger partial charge in [-0.15, -0.1) is 0 Å². The molecule has 1 aromatic heterocycles. The van der Waals surface area contributed by atoms with Crippen LogP contribution in [0.3, 0.4) is 0 Å². The van der Waals surface area contributed by atoms with Gasteiger partial charge in [0, 0.05) is 39.1 Å². The van der Waals surface area contributed by atoms with Gasteiger partial charge in [0.1, 0.15) is 0 Å². The average molecular weight is 400 g/mol. The Hall–Kier alpha value is -2.61. The van der Waals surface area contributed by atoms with E-state index < -0.39 is 5.76 Å². The maximum atomic E-state index is 12.4. The number of carbonyl (C=O) groups excluding carboxylic acids is 2. The molecule has 0 radical (unpaired) electrons. The van der Waals surface area contributed by atoms with Gasteiger partial charge in [-0.2, -0.15) is 0 Å². The van der Waals surface area contributed by atoms with Gasteiger partial charge in [0.05, 0.1) is 11.4 Å². The van der Waals surface area contributed by atoms with Crippen LogP contribution < -0.4 is 11.1 Å². The molecule has 2 aliphatic rings. The van der Waals surface area contributed by atoms with Crippen LogP contribution in [0.4, 0.5) is 0 Å². The summed E-state index contributed by atoms with van der Waals surface area (Å²) in [5, 5.41) is 3.03. The second-order valence-electron chi connectivity index (χ2n) is 8.40. The fourth-order valence-electron chi connectivity index (χ4n) is 4.18. The van der Waals surface area contributed by atoms with Gasteiger partial charge in [0.2, 0.25) is 11.8 Å². The first-order chi connectivity index (χ1) is 13.9. The number of nitrogens with one attached hydrogen (secondary N) is 1. The van der Waals surface area contributed by atoms with Gasteiger partial charge in [-0.1, -0.05) is 6.07 Å². The van der Waals surface area contributed by atoms with Crippen molar-refractivity contribution in [2.75, 3.05) is 39.8 Å². The van der Waals surface area contributed by atoms with Crippen LogP contribution in [0.15, 0.2) is 27.4 Å². The van der Waals surface area contributed by atoms with E-state index in [1.165, 1.54) is 4.57 Å². The summed E-state index contributed by atoms with van der Waals surface area (Å²) < 4.78 is 6.74. The molecule has 0 aliphatic carbocycles. The molecule has 2 amide bonds. The van der Waals surface area contributed by atoms with Crippen LogP contribution in [-0.2, 0) is 16.1 Å². The lowest BCUT2D eigenvalue weighted by atomic mass is 9.98. The molecule has 29 heavy (non-hydrogen) atoms. The molecule has 3 heterocycles. The van der Waals surface area contributed by atoms with Crippen LogP contribution in [0.1, 0.15) is 18.4 Å². The molecule has 2 fully saturated rings. The number of aromatic nitrogens is 1. The van der Waals surface area contributed by atoms with E-state index in [4.69, 9.17) is 4.42 Å². The van der Waals surface area contributed by atoms with Crippen molar-refractivity contribution in [2.45, 2.75) is 26.3 Å². The summed E-state index contributed by atoms with van der Waals surface area (Å²) in [6.45, 7) is 5.95. The van der Waals surface area contributed by atoms with Gasteiger partial charge in [0.25, 0.3) is 0 Å². The van der Waals surface area contributed by atoms with E-state index in [-0.39, 0.29) is 30.7 Å². The highest BCUT2D eigenvalue weighted by atomic mass is 16.4. The molecule has 1 N–H and O–H groups in total. The third kappa shape index (κ3) is 4.22. The predicted molar refractivity (Wildman–Crippen MR) is 109 cm³/mol. The van der Waals surface area contributed by atoms with Gasteiger partial charge >= 0.3 is 5.76 Å². The Morgan fingerprint density at radius 2 is 2.03 bits per heavy atom. The molecule has 4 rings (SSSR count). The number of fused-ring (bicyclic) bond motifs is 1. The van der Waals surface area contributed by atoms with E-state index in [1.807, 2.05) is 19.1 Å². The summed E-state index contributed by atoms with van der Waals surface area (Å²) >= 11 is 0. The number of benzene rings is 1. The molecule has 2 aromatic rings. The lowest BCUT2D eigenvalue weighted by Gasteiger charge is -2.38. The lowest BCUT2D eigenvalue weighted by Crippen LogP contribution is -2.56. The summed E-state index contributed by atoms with van der Waals surface area (Å²) in [5.74, 6) is -0.0555. The molecule has 0 saturated carbocycles. The predicted octanol–water partition coefficient (Wildman–Crippen LogP) is 0.819. The fourth-order valence-corrected chi connectivity index (χ4v) is 4.18. The SMILES string of the molecule is Cc1ccc2oc(=O)n(CCC(=O)N3CC(C(=O)NCC4CCN(C)C4)C3)c2c1. The number of oxazole rings is 1. The van der Waals surface area contributed by atoms with Crippen molar-refractivity contribution in [2.24, 2.45) is 11.8 Å². The van der Waals surface area contributed by atoms with Crippen LogP contribution in [0.5, 0.6) is 0 Å². The lowest BCUT2D eigenvalue weighted by molar-refractivity contribution is -0.143. The minimum atomic E-state index is -0.447. The summed E-state index contributed by atoms with van der Waals surface area (Å²) in [7, 11) is 2.10. The van der Waals surface area contributed by atoms with Crippen molar-refractivity contribution >= 4 is 22.9 Å². The van der Waals surface area contributed by atoms with E-state index in [1.54, 1.807) is 11.0 Å². The maximum absolute atomic E-state index is 12.4. The quantitative estimate of drug-likeness (QED) is 0.776. The highest BCUT2D eigenvalue weighted by Gasteiger charge is 2.35. The Labute approximate surface area is 169 Å². The van der Waals surface area contributed by atoms with Crippen molar-refractivity contribution in [3.63, 3.8) is 0 Å². The zero-order valence-electron chi connectivity index (χ0n) is 17.0. The molecule has 0 spiro atoms. The second kappa shape index (κ2) is 8.02. The molecular weight excluding hydrogens is 372 g/mol. The molecule has 0 bridgehead atoms. The van der Waals surface area contributed by atoms with Crippen LogP contribution in [0.25, 0.3) is 11.1 Å². The number of nitrogens with zero attached hydrogens (tertiary/aromatic N) is 3. The molecular formula is C21H28N4O4. The third-order valence-electron chi connectivity index (χ3n) is 6.03. The second-order valence-corrected chi connectivity index (χ2v) is 8.40. The van der Waals surface area contributed by atoms with E-state index >= 15 is 0 Å². The van der Waals surface area contributed by atoms with Crippen molar-refractivity contribution in [3.05, 3.63) is 34.3 Å². The van der Waals surface area contributed by atoms with Crippen LogP contribution in [0.2, 0.25) is 0 Å². The number of likely N-dealkylation sites (tertiary alicyclic amines) is 2. The number of rotatable bonds is 6. The van der Waals surface area contributed by atoms with E-state index in [0.29, 0.717) is 36.7 Å². The van der Waals surface area contributed by atoms with Crippen molar-refractivity contribution < 1.29 is 14.0 Å². The topological polar surface area (TPSA) is 87.8 Å². The monoisotopic (exact) mass is 400 g/mol. The zero-order valence-corrected chi connectivity index (χ0v) is 17.0. The highest BCUT2D eigenvalue weighted by Crippen LogP contribution is 2.19. The first-order valence-corrected chi connectivity index (χ1v) is 10.2. The first-order valence-electron chi connectivity index (χ1n) is 10.2. The molecule has 1 aromatic carbocycles. The Morgan fingerprint density at radius 1 is 1.24 bits per heavy atom. The van der Waals surface area contributed by atoms with Crippen molar-refractivity contribution in [1.82, 2.24) is 19.7 Å². The fraction of sp³-hybridized carbons (Fsp3) is 0.571. The number of amides is 2. The van der Waals surface area contributed by atoms with Crippen LogP contribution in [0, 0.1) is 18.8 Å². The van der Waals surface area contributed by atoms with Gasteiger partial charge in [-0.05, 0) is 50.6 Å². The van der Waals surface area contributed by atoms with Crippen LogP contribution in [-0.4, -0.2) is 66.0 Å². The Kier molecular flexibility index (Phi) is 5.45. The average Bonchev–Trinajstić information content (AvgIpc) is 3.19. The standard InChI is InChI=1S/C21H28N4O4/c1-14-3-4-18-17(9-14)25(21(28)29-18)8-6-19(26)24-12-16(13-24)20(27)22-10-15-5-7-23(2)11-15/h3-4,9,15-16H,5-8,10-13H2,1-2H3,(H,22,27). The summed E-state index contributed by atoms with van der Waals surface area (Å²) in [6, 6.07) is 5.54. The van der Waals surface area contributed by atoms with Gasteiger partial charge in [0.15, 0.2) is 5.58 Å². The van der Waals surface area contributed by atoms with Crippen molar-refractivity contribution in [3.8, 4) is 0 Å². The zero-order chi connectivity index (χ0) is 20.5. The molecule has 1 unspecified atom stereocenters. The minimum absolute atomic E-state index is 0.0381. The molecule has 2 aliphatic heterocycles. The minimum Gasteiger partial charge on any atom is -0.408 e. The number of hydrogen-bond acceptors (Lipinski definition) is 5. The summed E-state index contributed by atoms with van der Waals surface area (Å²) in [5.41, 5.74) is 2.27. The molecule has 8 nitrogen and oxygen atoms in total. The molecule has 8 heteroatoms. The maximum Gasteiger partial charge on any atom is 0.419 e. The Balaban J connectivity index is 1.24. The van der Waals surface area contributed by atoms with Crippen molar-refractivity contribution in [1.29, 1.82) is 0 Å². The first kappa shape index (κ1) is 19.7.